The van der Waals surface area contributed by atoms with E-state index < -0.39 is 0 Å². The summed E-state index contributed by atoms with van der Waals surface area (Å²) in [5.41, 5.74) is 6.91. The highest BCUT2D eigenvalue weighted by Gasteiger charge is 2.35. The van der Waals surface area contributed by atoms with Crippen molar-refractivity contribution in [3.8, 4) is 23.0 Å². The normalized spacial score (nSPS) is 19.7. The highest BCUT2D eigenvalue weighted by Crippen LogP contribution is 2.39. The third-order valence-electron chi connectivity index (χ3n) is 8.99. The molecule has 7 rings (SSSR count). The van der Waals surface area contributed by atoms with E-state index in [0.29, 0.717) is 60.4 Å². The number of methoxy groups -OCH3 is 2. The number of nitrogens with one attached hydrogen (secondary N) is 2. The van der Waals surface area contributed by atoms with Crippen LogP contribution >= 0.6 is 0 Å². The Kier molecular flexibility index (Phi) is 7.72. The van der Waals surface area contributed by atoms with Gasteiger partial charge in [0.25, 0.3) is 11.8 Å². The van der Waals surface area contributed by atoms with Crippen molar-refractivity contribution >= 4 is 23.2 Å². The minimum Gasteiger partial charge on any atom is -0.493 e. The summed E-state index contributed by atoms with van der Waals surface area (Å²) < 4.78 is 23.7. The number of amides is 2. The summed E-state index contributed by atoms with van der Waals surface area (Å²) in [6.07, 6.45) is 5.61. The average Bonchev–Trinajstić information content (AvgIpc) is 3.57. The summed E-state index contributed by atoms with van der Waals surface area (Å²) in [5.74, 6) is 2.03. The van der Waals surface area contributed by atoms with Crippen LogP contribution in [0.3, 0.4) is 0 Å². The molecule has 0 saturated carbocycles. The van der Waals surface area contributed by atoms with Crippen molar-refractivity contribution in [2.24, 2.45) is 0 Å². The molecule has 0 aromatic heterocycles. The fourth-order valence-corrected chi connectivity index (χ4v) is 6.70. The van der Waals surface area contributed by atoms with Crippen LogP contribution in [0.2, 0.25) is 0 Å². The van der Waals surface area contributed by atoms with Crippen molar-refractivity contribution in [1.82, 2.24) is 9.80 Å². The van der Waals surface area contributed by atoms with Gasteiger partial charge in [0, 0.05) is 37.6 Å². The third kappa shape index (κ3) is 5.48. The van der Waals surface area contributed by atoms with Crippen molar-refractivity contribution in [3.63, 3.8) is 0 Å². The Balaban J connectivity index is 1.04. The Labute approximate surface area is 268 Å². The number of anilines is 2. The lowest BCUT2D eigenvalue weighted by Gasteiger charge is -2.20. The van der Waals surface area contributed by atoms with E-state index in [2.05, 4.69) is 24.5 Å². The van der Waals surface area contributed by atoms with Gasteiger partial charge < -0.3 is 39.4 Å². The van der Waals surface area contributed by atoms with Crippen molar-refractivity contribution in [3.05, 3.63) is 94.3 Å². The zero-order chi connectivity index (χ0) is 31.9. The van der Waals surface area contributed by atoms with E-state index in [9.17, 15) is 9.59 Å². The summed E-state index contributed by atoms with van der Waals surface area (Å²) >= 11 is 0. The zero-order valence-electron chi connectivity index (χ0n) is 26.5. The van der Waals surface area contributed by atoms with Crippen LogP contribution in [0.4, 0.5) is 11.4 Å². The first-order valence-corrected chi connectivity index (χ1v) is 15.6. The molecule has 10 nitrogen and oxygen atoms in total. The number of rotatable bonds is 8. The Morgan fingerprint density at radius 1 is 0.674 bits per heavy atom. The Morgan fingerprint density at radius 2 is 1.13 bits per heavy atom. The summed E-state index contributed by atoms with van der Waals surface area (Å²) in [5, 5.41) is 6.88. The topological polar surface area (TPSA) is 102 Å². The lowest BCUT2D eigenvalue weighted by atomic mass is 10.1. The largest absolute Gasteiger partial charge is 0.493 e. The van der Waals surface area contributed by atoms with Gasteiger partial charge in [0.1, 0.15) is 13.2 Å². The first-order chi connectivity index (χ1) is 22.3. The first-order valence-electron chi connectivity index (χ1n) is 15.6. The van der Waals surface area contributed by atoms with E-state index >= 15 is 0 Å². The van der Waals surface area contributed by atoms with Crippen molar-refractivity contribution in [1.29, 1.82) is 0 Å². The molecule has 3 aromatic carbocycles. The number of ether oxygens (including phenoxy) is 4. The molecule has 2 atom stereocenters. The van der Waals surface area contributed by atoms with Crippen LogP contribution in [0.25, 0.3) is 0 Å². The maximum Gasteiger partial charge on any atom is 0.260 e. The number of hydrogen-bond acceptors (Lipinski definition) is 8. The summed E-state index contributed by atoms with van der Waals surface area (Å²) in [4.78, 5) is 30.3. The molecule has 0 fully saturated rings. The van der Waals surface area contributed by atoms with Gasteiger partial charge in [-0.25, -0.2) is 0 Å². The van der Waals surface area contributed by atoms with E-state index in [1.807, 2.05) is 58.6 Å². The molecule has 4 aliphatic heterocycles. The highest BCUT2D eigenvalue weighted by atomic mass is 16.5. The summed E-state index contributed by atoms with van der Waals surface area (Å²) in [7, 11) is 3.15. The molecule has 0 bridgehead atoms. The van der Waals surface area contributed by atoms with Crippen LogP contribution in [0.1, 0.15) is 58.5 Å². The lowest BCUT2D eigenvalue weighted by Crippen LogP contribution is -2.34. The molecule has 0 radical (unpaired) electrons. The summed E-state index contributed by atoms with van der Waals surface area (Å²) in [6.45, 7) is 6.03. The molecular weight excluding hydrogens is 584 g/mol. The molecular formula is C36H38N4O6. The predicted molar refractivity (Wildman–Crippen MR) is 175 cm³/mol. The molecule has 0 spiro atoms. The van der Waals surface area contributed by atoms with Gasteiger partial charge in [-0.1, -0.05) is 29.3 Å². The van der Waals surface area contributed by atoms with Gasteiger partial charge in [-0.3, -0.25) is 9.59 Å². The smallest absolute Gasteiger partial charge is 0.260 e. The van der Waals surface area contributed by atoms with Gasteiger partial charge in [-0.15, -0.1) is 0 Å². The predicted octanol–water partition coefficient (Wildman–Crippen LogP) is 5.95. The minimum absolute atomic E-state index is 0.0412. The van der Waals surface area contributed by atoms with Gasteiger partial charge in [-0.2, -0.15) is 0 Å². The van der Waals surface area contributed by atoms with Crippen molar-refractivity contribution in [2.45, 2.75) is 52.0 Å². The number of carbonyl (C=O) groups is 2. The Hall–Kier alpha value is -5.12. The van der Waals surface area contributed by atoms with E-state index in [-0.39, 0.29) is 23.9 Å². The molecule has 46 heavy (non-hydrogen) atoms. The second-order valence-electron chi connectivity index (χ2n) is 12.3. The SMILES string of the molecule is COc1cc2c(cc1OCc1cccc(COc3cc4c(cc3OC)C(=O)N3C=C(C)C[C@H]3CN4)c1)NC[C@@H]1CC(C)=CN1C2=O. The average molecular weight is 623 g/mol. The standard InChI is InChI=1S/C36H38N4O6/c1-21-8-25-15-37-29-13-33(31(43-3)11-27(29)35(41)39(25)17-21)45-19-23-6-5-7-24(10-23)20-46-34-14-30-28(12-32(34)44-4)36(42)40-18-22(2)9-26(40)16-38-30/h5-7,10-14,17-18,25-26,37-38H,8-9,15-16,19-20H2,1-4H3/t25-,26-/m0/s1. The molecule has 0 saturated heterocycles. The van der Waals surface area contributed by atoms with E-state index in [0.717, 1.165) is 35.3 Å². The van der Waals surface area contributed by atoms with Crippen LogP contribution in [-0.2, 0) is 13.2 Å². The van der Waals surface area contributed by atoms with Gasteiger partial charge in [0.2, 0.25) is 0 Å². The van der Waals surface area contributed by atoms with Crippen LogP contribution in [-0.4, -0.2) is 61.0 Å². The maximum atomic E-state index is 13.3. The fourth-order valence-electron chi connectivity index (χ4n) is 6.70. The van der Waals surface area contributed by atoms with Crippen LogP contribution in [0.15, 0.2) is 72.1 Å². The number of benzene rings is 3. The highest BCUT2D eigenvalue weighted by molar-refractivity contribution is 6.03. The zero-order valence-corrected chi connectivity index (χ0v) is 26.5. The molecule has 10 heteroatoms. The van der Waals surface area contributed by atoms with Crippen LogP contribution in [0, 0.1) is 0 Å². The van der Waals surface area contributed by atoms with Crippen LogP contribution in [0.5, 0.6) is 23.0 Å². The van der Waals surface area contributed by atoms with Crippen molar-refractivity contribution < 1.29 is 28.5 Å². The van der Waals surface area contributed by atoms with Gasteiger partial charge in [0.05, 0.1) is 48.8 Å². The molecule has 0 unspecified atom stereocenters. The number of carbonyl (C=O) groups excluding carboxylic acids is 2. The number of fused-ring (bicyclic) bond motifs is 4. The van der Waals surface area contributed by atoms with Crippen molar-refractivity contribution in [2.75, 3.05) is 37.9 Å². The molecule has 238 valence electrons. The molecule has 3 aromatic rings. The fraction of sp³-hybridized carbons (Fsp3) is 0.333. The van der Waals surface area contributed by atoms with Gasteiger partial charge >= 0.3 is 0 Å². The molecule has 0 aliphatic carbocycles. The quantitative estimate of drug-likeness (QED) is 0.318. The number of nitrogens with zero attached hydrogens (tertiary/aromatic N) is 2. The molecule has 4 heterocycles. The lowest BCUT2D eigenvalue weighted by molar-refractivity contribution is 0.0788. The van der Waals surface area contributed by atoms with Gasteiger partial charge in [-0.05, 0) is 56.0 Å². The van der Waals surface area contributed by atoms with E-state index in [1.54, 1.807) is 26.4 Å². The first kappa shape index (κ1) is 29.6. The molecule has 2 amide bonds. The second kappa shape index (κ2) is 12.0. The van der Waals surface area contributed by atoms with E-state index in [1.165, 1.54) is 11.1 Å². The second-order valence-corrected chi connectivity index (χ2v) is 12.3. The monoisotopic (exact) mass is 622 g/mol. The Morgan fingerprint density at radius 3 is 1.57 bits per heavy atom. The van der Waals surface area contributed by atoms with Crippen LogP contribution < -0.4 is 29.6 Å². The number of hydrogen-bond donors (Lipinski definition) is 2. The molecule has 2 N–H and O–H groups in total. The third-order valence-corrected chi connectivity index (χ3v) is 8.99. The molecule has 4 aliphatic rings. The van der Waals surface area contributed by atoms with E-state index in [4.69, 9.17) is 18.9 Å². The maximum absolute atomic E-state index is 13.3. The van der Waals surface area contributed by atoms with Gasteiger partial charge in [0.15, 0.2) is 23.0 Å². The summed E-state index contributed by atoms with van der Waals surface area (Å²) in [6, 6.07) is 15.4. The Bertz CT molecular complexity index is 1660. The minimum atomic E-state index is -0.0412.